The predicted molar refractivity (Wildman–Crippen MR) is 72.1 cm³/mol. The largest absolute Gasteiger partial charge is 0.411 e. The van der Waals surface area contributed by atoms with Gasteiger partial charge in [0.1, 0.15) is 22.3 Å². The van der Waals surface area contributed by atoms with Gasteiger partial charge in [0, 0.05) is 11.0 Å². The topological polar surface area (TPSA) is 37.8 Å². The second-order valence-electron chi connectivity index (χ2n) is 6.27. The quantitative estimate of drug-likeness (QED) is 0.830. The van der Waals surface area contributed by atoms with Crippen LogP contribution in [0.25, 0.3) is 0 Å². The van der Waals surface area contributed by atoms with Crippen molar-refractivity contribution in [2.45, 2.75) is 57.7 Å². The van der Waals surface area contributed by atoms with Crippen LogP contribution in [0, 0.1) is 6.92 Å². The number of nitrogens with one attached hydrogen (secondary N) is 1. The molecular weight excluding hydrogens is 291 g/mol. The van der Waals surface area contributed by atoms with E-state index >= 15 is 0 Å². The molecule has 0 atom stereocenters. The monoisotopic (exact) mass is 307 g/mol. The van der Waals surface area contributed by atoms with Crippen LogP contribution < -0.4 is 5.32 Å². The molecule has 112 valence electrons. The smallest absolute Gasteiger partial charge is 0.356 e. The van der Waals surface area contributed by atoms with Crippen LogP contribution in [0.2, 0.25) is 5.15 Å². The molecule has 0 saturated heterocycles. The zero-order valence-corrected chi connectivity index (χ0v) is 12.6. The van der Waals surface area contributed by atoms with Crippen LogP contribution in [-0.2, 0) is 5.41 Å². The van der Waals surface area contributed by atoms with E-state index < -0.39 is 11.7 Å². The van der Waals surface area contributed by atoms with Crippen LogP contribution in [0.4, 0.5) is 19.0 Å². The van der Waals surface area contributed by atoms with E-state index in [0.29, 0.717) is 11.4 Å². The molecule has 0 unspecified atom stereocenters. The average molecular weight is 308 g/mol. The van der Waals surface area contributed by atoms with Crippen molar-refractivity contribution in [1.29, 1.82) is 0 Å². The van der Waals surface area contributed by atoms with Crippen LogP contribution in [-0.4, -0.2) is 21.7 Å². The lowest BCUT2D eigenvalue weighted by molar-refractivity contribution is -0.151. The summed E-state index contributed by atoms with van der Waals surface area (Å²) < 4.78 is 39.0. The molecule has 1 aliphatic rings. The lowest BCUT2D eigenvalue weighted by atomic mass is 9.95. The zero-order valence-electron chi connectivity index (χ0n) is 11.8. The summed E-state index contributed by atoms with van der Waals surface area (Å²) in [6, 6.07) is 0. The summed E-state index contributed by atoms with van der Waals surface area (Å²) in [5.74, 6) is 0.596. The first kappa shape index (κ1) is 15.4. The van der Waals surface area contributed by atoms with Gasteiger partial charge in [0.25, 0.3) is 0 Å². The lowest BCUT2D eigenvalue weighted by Gasteiger charge is -2.24. The fourth-order valence-corrected chi connectivity index (χ4v) is 1.95. The minimum atomic E-state index is -4.29. The second kappa shape index (κ2) is 4.48. The fourth-order valence-electron chi connectivity index (χ4n) is 1.78. The van der Waals surface area contributed by atoms with Gasteiger partial charge < -0.3 is 5.32 Å². The molecule has 1 saturated carbocycles. The molecule has 1 N–H and O–H groups in total. The van der Waals surface area contributed by atoms with Gasteiger partial charge in [-0.05, 0) is 19.8 Å². The van der Waals surface area contributed by atoms with Crippen molar-refractivity contribution in [3.8, 4) is 0 Å². The van der Waals surface area contributed by atoms with Gasteiger partial charge in [-0.1, -0.05) is 32.4 Å². The molecule has 1 aliphatic carbocycles. The van der Waals surface area contributed by atoms with Crippen molar-refractivity contribution in [2.24, 2.45) is 0 Å². The molecule has 1 fully saturated rings. The highest BCUT2D eigenvalue weighted by atomic mass is 35.5. The van der Waals surface area contributed by atoms with E-state index in [1.54, 1.807) is 6.92 Å². The van der Waals surface area contributed by atoms with E-state index in [-0.39, 0.29) is 29.2 Å². The molecule has 7 heteroatoms. The van der Waals surface area contributed by atoms with E-state index in [1.165, 1.54) is 0 Å². The van der Waals surface area contributed by atoms with E-state index in [9.17, 15) is 13.2 Å². The number of hydrogen-bond acceptors (Lipinski definition) is 3. The Balaban J connectivity index is 2.40. The Morgan fingerprint density at radius 1 is 1.15 bits per heavy atom. The zero-order chi connectivity index (χ0) is 15.3. The lowest BCUT2D eigenvalue weighted by Crippen LogP contribution is -2.39. The first-order valence-electron chi connectivity index (χ1n) is 6.36. The average Bonchev–Trinajstić information content (AvgIpc) is 3.03. The molecule has 1 aromatic rings. The van der Waals surface area contributed by atoms with Crippen molar-refractivity contribution >= 4 is 17.4 Å². The van der Waals surface area contributed by atoms with Crippen LogP contribution in [0.5, 0.6) is 0 Å². The number of nitrogens with zero attached hydrogens (tertiary/aromatic N) is 2. The highest BCUT2D eigenvalue weighted by Crippen LogP contribution is 2.51. The predicted octanol–water partition coefficient (Wildman–Crippen LogP) is 4.24. The molecule has 2 rings (SSSR count). The molecule has 1 aromatic heterocycles. The summed E-state index contributed by atoms with van der Waals surface area (Å²) >= 11 is 6.02. The molecule has 0 spiro atoms. The molecule has 20 heavy (non-hydrogen) atoms. The maximum absolute atomic E-state index is 13.0. The SMILES string of the molecule is Cc1c(Cl)nc(C(C)(C)C)nc1NC1(C(F)(F)F)CC1. The number of hydrogen-bond donors (Lipinski definition) is 1. The minimum Gasteiger partial charge on any atom is -0.356 e. The Morgan fingerprint density at radius 2 is 1.70 bits per heavy atom. The molecule has 0 aliphatic heterocycles. The first-order chi connectivity index (χ1) is 8.96. The maximum Gasteiger partial charge on any atom is 0.411 e. The molecule has 0 amide bonds. The fraction of sp³-hybridized carbons (Fsp3) is 0.692. The maximum atomic E-state index is 13.0. The number of aromatic nitrogens is 2. The summed E-state index contributed by atoms with van der Waals surface area (Å²) in [6.07, 6.45) is -4.18. The highest BCUT2D eigenvalue weighted by molar-refractivity contribution is 6.30. The summed E-state index contributed by atoms with van der Waals surface area (Å²) in [4.78, 5) is 8.39. The number of halogens is 4. The third-order valence-corrected chi connectivity index (χ3v) is 3.78. The van der Waals surface area contributed by atoms with Crippen molar-refractivity contribution in [3.05, 3.63) is 16.5 Å². The van der Waals surface area contributed by atoms with Gasteiger partial charge in [0.2, 0.25) is 0 Å². The van der Waals surface area contributed by atoms with Crippen molar-refractivity contribution in [2.75, 3.05) is 5.32 Å². The Bertz CT molecular complexity index is 531. The van der Waals surface area contributed by atoms with Crippen molar-refractivity contribution in [1.82, 2.24) is 9.97 Å². The van der Waals surface area contributed by atoms with Gasteiger partial charge >= 0.3 is 6.18 Å². The van der Waals surface area contributed by atoms with Gasteiger partial charge in [0.05, 0.1) is 0 Å². The van der Waals surface area contributed by atoms with Crippen LogP contribution in [0.15, 0.2) is 0 Å². The standard InChI is InChI=1S/C13H17ClF3N3/c1-7-8(14)18-10(11(2,3)4)19-9(7)20-12(5-6-12)13(15,16)17/h5-6H2,1-4H3,(H,18,19,20). The Morgan fingerprint density at radius 3 is 2.10 bits per heavy atom. The van der Waals surface area contributed by atoms with Crippen LogP contribution in [0.1, 0.15) is 45.0 Å². The van der Waals surface area contributed by atoms with Crippen LogP contribution >= 0.6 is 11.6 Å². The number of alkyl halides is 3. The van der Waals surface area contributed by atoms with E-state index in [2.05, 4.69) is 15.3 Å². The summed E-state index contributed by atoms with van der Waals surface area (Å²) in [5.41, 5.74) is -1.80. The summed E-state index contributed by atoms with van der Waals surface area (Å²) in [7, 11) is 0. The van der Waals surface area contributed by atoms with Crippen molar-refractivity contribution < 1.29 is 13.2 Å². The Hall–Kier alpha value is -1.04. The molecule has 0 radical (unpaired) electrons. The third kappa shape index (κ3) is 2.71. The molecule has 0 bridgehead atoms. The number of anilines is 1. The minimum absolute atomic E-state index is 0.0579. The first-order valence-corrected chi connectivity index (χ1v) is 6.74. The van der Waals surface area contributed by atoms with Gasteiger partial charge in [-0.2, -0.15) is 13.2 Å². The van der Waals surface area contributed by atoms with Gasteiger partial charge in [-0.15, -0.1) is 0 Å². The van der Waals surface area contributed by atoms with E-state index in [1.807, 2.05) is 20.8 Å². The molecule has 0 aromatic carbocycles. The van der Waals surface area contributed by atoms with Crippen LogP contribution in [0.3, 0.4) is 0 Å². The molecule has 3 nitrogen and oxygen atoms in total. The Kier molecular flexibility index (Phi) is 3.44. The normalized spacial score (nSPS) is 18.0. The van der Waals surface area contributed by atoms with Gasteiger partial charge in [-0.3, -0.25) is 0 Å². The van der Waals surface area contributed by atoms with Gasteiger partial charge in [-0.25, -0.2) is 9.97 Å². The molecule has 1 heterocycles. The molecular formula is C13H17ClF3N3. The van der Waals surface area contributed by atoms with E-state index in [0.717, 1.165) is 0 Å². The summed E-state index contributed by atoms with van der Waals surface area (Å²) in [5, 5.41) is 2.72. The number of rotatable bonds is 2. The third-order valence-electron chi connectivity index (χ3n) is 3.41. The van der Waals surface area contributed by atoms with E-state index in [4.69, 9.17) is 11.6 Å². The van der Waals surface area contributed by atoms with Crippen molar-refractivity contribution in [3.63, 3.8) is 0 Å². The highest BCUT2D eigenvalue weighted by Gasteiger charge is 2.63. The van der Waals surface area contributed by atoms with Gasteiger partial charge in [0.15, 0.2) is 0 Å². The Labute approximate surface area is 120 Å². The summed E-state index contributed by atoms with van der Waals surface area (Å²) in [6.45, 7) is 7.26. The second-order valence-corrected chi connectivity index (χ2v) is 6.62.